The molecule has 200 valence electrons. The Morgan fingerprint density at radius 2 is 1.79 bits per heavy atom. The summed E-state index contributed by atoms with van der Waals surface area (Å²) in [7, 11) is 0. The monoisotopic (exact) mass is 583 g/mol. The lowest BCUT2D eigenvalue weighted by Gasteiger charge is -2.29. The van der Waals surface area contributed by atoms with Crippen molar-refractivity contribution in [1.82, 2.24) is 4.90 Å². The molecule has 3 atom stereocenters. The number of furan rings is 1. The molecule has 0 saturated carbocycles. The van der Waals surface area contributed by atoms with E-state index in [0.717, 1.165) is 16.0 Å². The third-order valence-corrected chi connectivity index (χ3v) is 7.11. The molecule has 0 spiro atoms. The van der Waals surface area contributed by atoms with Gasteiger partial charge in [0.1, 0.15) is 24.2 Å². The molecule has 38 heavy (non-hydrogen) atoms. The smallest absolute Gasteiger partial charge is 0.417 e. The lowest BCUT2D eigenvalue weighted by molar-refractivity contribution is -0.155. The van der Waals surface area contributed by atoms with Crippen LogP contribution in [0.25, 0.3) is 0 Å². The number of nitrogens with zero attached hydrogens (tertiary/aromatic N) is 1. The number of benzene rings is 2. The first-order valence-corrected chi connectivity index (χ1v) is 13.3. The molecule has 0 bridgehead atoms. The quantitative estimate of drug-likeness (QED) is 0.233. The number of aliphatic hydroxyl groups excluding tert-OH is 1. The Kier molecular flexibility index (Phi) is 9.36. The highest BCUT2D eigenvalue weighted by molar-refractivity contribution is 9.10. The van der Waals surface area contributed by atoms with Gasteiger partial charge in [-0.2, -0.15) is 0 Å². The Balaban J connectivity index is 1.73. The molecule has 1 fully saturated rings. The molecule has 2 aromatic carbocycles. The van der Waals surface area contributed by atoms with Gasteiger partial charge >= 0.3 is 12.1 Å². The van der Waals surface area contributed by atoms with Gasteiger partial charge in [-0.3, -0.25) is 9.59 Å². The molecule has 1 aliphatic heterocycles. The van der Waals surface area contributed by atoms with Gasteiger partial charge in [0.2, 0.25) is 5.91 Å². The van der Waals surface area contributed by atoms with Crippen LogP contribution in [0.3, 0.4) is 0 Å². The molecule has 1 aromatic heterocycles. The van der Waals surface area contributed by atoms with Crippen LogP contribution in [0, 0.1) is 5.92 Å². The second kappa shape index (κ2) is 12.9. The van der Waals surface area contributed by atoms with Crippen LogP contribution in [0.1, 0.15) is 54.6 Å². The molecule has 2 amide bonds. The highest BCUT2D eigenvalue weighted by Gasteiger charge is 2.46. The van der Waals surface area contributed by atoms with E-state index in [1.165, 1.54) is 6.92 Å². The number of hydrogen-bond acceptors (Lipinski definition) is 7. The minimum absolute atomic E-state index is 0.0339. The van der Waals surface area contributed by atoms with Crippen LogP contribution in [0.2, 0.25) is 0 Å². The van der Waals surface area contributed by atoms with Crippen molar-refractivity contribution in [2.24, 2.45) is 5.92 Å². The maximum absolute atomic E-state index is 14.2. The summed E-state index contributed by atoms with van der Waals surface area (Å²) in [5.74, 6) is -1.16. The highest BCUT2D eigenvalue weighted by atomic mass is 79.9. The molecule has 0 radical (unpaired) electrons. The Bertz CT molecular complexity index is 1240. The molecule has 2 heterocycles. The topological polar surface area (TPSA) is 106 Å². The first-order chi connectivity index (χ1) is 18.4. The fourth-order valence-corrected chi connectivity index (χ4v) is 5.11. The standard InChI is InChI=1S/C29H30BrNO7/c1-19(33)37-27(26-17-23(30)25(38-26)14-8-9-15-32)22(16-20-10-4-2-5-11-20)28(34)31-24(18-36-29(31)35)21-12-6-3-7-13-21/h2-7,10-13,17,22,24,27,32H,8-9,14-16,18H2,1H3. The number of carbonyl (C=O) groups is 3. The molecule has 1 aliphatic rings. The van der Waals surface area contributed by atoms with Crippen LogP contribution >= 0.6 is 15.9 Å². The molecule has 4 rings (SSSR count). The van der Waals surface area contributed by atoms with Gasteiger partial charge < -0.3 is 19.0 Å². The first-order valence-electron chi connectivity index (χ1n) is 12.5. The van der Waals surface area contributed by atoms with Gasteiger partial charge in [0.05, 0.1) is 10.4 Å². The largest absolute Gasteiger partial charge is 0.461 e. The van der Waals surface area contributed by atoms with E-state index in [4.69, 9.17) is 19.0 Å². The maximum atomic E-state index is 14.2. The number of rotatable bonds is 11. The van der Waals surface area contributed by atoms with Crippen molar-refractivity contribution in [3.05, 3.63) is 93.9 Å². The van der Waals surface area contributed by atoms with Gasteiger partial charge in [0, 0.05) is 20.0 Å². The summed E-state index contributed by atoms with van der Waals surface area (Å²) in [6.45, 7) is 1.38. The average Bonchev–Trinajstić information content (AvgIpc) is 3.49. The lowest BCUT2D eigenvalue weighted by atomic mass is 9.90. The summed E-state index contributed by atoms with van der Waals surface area (Å²) in [6, 6.07) is 19.6. The van der Waals surface area contributed by atoms with Gasteiger partial charge in [0.25, 0.3) is 0 Å². The van der Waals surface area contributed by atoms with Crippen LogP contribution in [-0.2, 0) is 31.9 Å². The number of aliphatic hydroxyl groups is 1. The van der Waals surface area contributed by atoms with E-state index < -0.39 is 36.0 Å². The fraction of sp³-hybridized carbons (Fsp3) is 0.345. The van der Waals surface area contributed by atoms with Crippen molar-refractivity contribution >= 4 is 33.9 Å². The molecule has 8 nitrogen and oxygen atoms in total. The van der Waals surface area contributed by atoms with Crippen molar-refractivity contribution < 1.29 is 33.4 Å². The molecule has 3 unspecified atom stereocenters. The number of imide groups is 1. The number of halogens is 1. The van der Waals surface area contributed by atoms with E-state index in [9.17, 15) is 14.4 Å². The van der Waals surface area contributed by atoms with Crippen molar-refractivity contribution in [2.75, 3.05) is 13.2 Å². The Hall–Kier alpha value is -3.43. The van der Waals surface area contributed by atoms with Gasteiger partial charge in [-0.25, -0.2) is 9.69 Å². The zero-order valence-corrected chi connectivity index (χ0v) is 22.6. The van der Waals surface area contributed by atoms with E-state index >= 15 is 0 Å². The van der Waals surface area contributed by atoms with Crippen molar-refractivity contribution in [2.45, 2.75) is 44.8 Å². The minimum Gasteiger partial charge on any atom is -0.461 e. The second-order valence-corrected chi connectivity index (χ2v) is 9.99. The molecule has 3 aromatic rings. The van der Waals surface area contributed by atoms with Gasteiger partial charge in [0.15, 0.2) is 6.10 Å². The summed E-state index contributed by atoms with van der Waals surface area (Å²) in [4.78, 5) is 40.4. The summed E-state index contributed by atoms with van der Waals surface area (Å²) >= 11 is 3.51. The normalized spacial score (nSPS) is 16.7. The molecular formula is C29H30BrNO7. The molecule has 1 saturated heterocycles. The fourth-order valence-electron chi connectivity index (χ4n) is 4.61. The average molecular weight is 584 g/mol. The van der Waals surface area contributed by atoms with Crippen LogP contribution in [0.5, 0.6) is 0 Å². The summed E-state index contributed by atoms with van der Waals surface area (Å²) in [5.41, 5.74) is 1.60. The summed E-state index contributed by atoms with van der Waals surface area (Å²) in [6.07, 6.45) is 0.233. The number of aryl methyl sites for hydroxylation is 1. The van der Waals surface area contributed by atoms with Gasteiger partial charge in [-0.05, 0) is 52.4 Å². The molecular weight excluding hydrogens is 554 g/mol. The lowest BCUT2D eigenvalue weighted by Crippen LogP contribution is -2.42. The number of amides is 2. The van der Waals surface area contributed by atoms with Crippen molar-refractivity contribution in [3.63, 3.8) is 0 Å². The van der Waals surface area contributed by atoms with Crippen LogP contribution in [-0.4, -0.2) is 41.2 Å². The Morgan fingerprint density at radius 1 is 1.11 bits per heavy atom. The van der Waals surface area contributed by atoms with Crippen LogP contribution in [0.4, 0.5) is 4.79 Å². The Labute approximate surface area is 229 Å². The zero-order chi connectivity index (χ0) is 27.1. The highest BCUT2D eigenvalue weighted by Crippen LogP contribution is 2.38. The van der Waals surface area contributed by atoms with E-state index in [0.29, 0.717) is 35.3 Å². The number of esters is 1. The number of ether oxygens (including phenoxy) is 2. The predicted molar refractivity (Wildman–Crippen MR) is 142 cm³/mol. The van der Waals surface area contributed by atoms with Gasteiger partial charge in [-0.1, -0.05) is 60.7 Å². The number of cyclic esters (lactones) is 1. The second-order valence-electron chi connectivity index (χ2n) is 9.14. The third-order valence-electron chi connectivity index (χ3n) is 6.44. The third kappa shape index (κ3) is 6.52. The van der Waals surface area contributed by atoms with Gasteiger partial charge in [-0.15, -0.1) is 0 Å². The zero-order valence-electron chi connectivity index (χ0n) is 21.0. The first kappa shape index (κ1) is 27.6. The predicted octanol–water partition coefficient (Wildman–Crippen LogP) is 5.54. The van der Waals surface area contributed by atoms with Crippen molar-refractivity contribution in [1.29, 1.82) is 0 Å². The number of hydrogen-bond donors (Lipinski definition) is 1. The molecule has 0 aliphatic carbocycles. The van der Waals surface area contributed by atoms with E-state index in [2.05, 4.69) is 15.9 Å². The number of carbonyl (C=O) groups excluding carboxylic acids is 3. The van der Waals surface area contributed by atoms with Crippen molar-refractivity contribution in [3.8, 4) is 0 Å². The maximum Gasteiger partial charge on any atom is 0.417 e. The van der Waals surface area contributed by atoms with E-state index in [1.54, 1.807) is 6.07 Å². The van der Waals surface area contributed by atoms with Crippen LogP contribution < -0.4 is 0 Å². The molecule has 1 N–H and O–H groups in total. The van der Waals surface area contributed by atoms with E-state index in [1.807, 2.05) is 60.7 Å². The molecule has 9 heteroatoms. The summed E-state index contributed by atoms with van der Waals surface area (Å²) < 4.78 is 17.8. The summed E-state index contributed by atoms with van der Waals surface area (Å²) in [5, 5.41) is 9.13. The van der Waals surface area contributed by atoms with Crippen LogP contribution in [0.15, 0.2) is 75.6 Å². The SMILES string of the molecule is CC(=O)OC(c1cc(Br)c(CCCCO)o1)C(Cc1ccccc1)C(=O)N1C(=O)OCC1c1ccccc1. The van der Waals surface area contributed by atoms with E-state index in [-0.39, 0.29) is 19.6 Å². The Morgan fingerprint density at radius 3 is 2.45 bits per heavy atom. The minimum atomic E-state index is -1.09. The number of unbranched alkanes of at least 4 members (excludes halogenated alkanes) is 1.